The SMILES string of the molecule is CCC(C)C(NC(=O)Nc1ccc(N2CCN(CC)CC2)c(Cl)c1)C(=O)OC. The number of likely N-dealkylation sites (N-methyl/N-ethyl adjacent to an activating group) is 1. The second-order valence-electron chi connectivity index (χ2n) is 7.07. The number of hydrogen-bond donors (Lipinski definition) is 2. The van der Waals surface area contributed by atoms with E-state index in [1.807, 2.05) is 26.0 Å². The third-order valence-corrected chi connectivity index (χ3v) is 5.62. The number of amides is 2. The standard InChI is InChI=1S/C20H31ClN4O3/c1-5-14(3)18(19(26)28-4)23-20(27)22-15-7-8-17(16(21)13-15)25-11-9-24(6-2)10-12-25/h7-8,13-14,18H,5-6,9-12H2,1-4H3,(H2,22,23,27). The third-order valence-electron chi connectivity index (χ3n) is 5.32. The van der Waals surface area contributed by atoms with Gasteiger partial charge in [0.25, 0.3) is 0 Å². The number of anilines is 2. The van der Waals surface area contributed by atoms with Crippen molar-refractivity contribution >= 4 is 35.0 Å². The Morgan fingerprint density at radius 3 is 2.43 bits per heavy atom. The highest BCUT2D eigenvalue weighted by Crippen LogP contribution is 2.29. The molecule has 7 nitrogen and oxygen atoms in total. The molecule has 0 aliphatic carbocycles. The van der Waals surface area contributed by atoms with E-state index in [9.17, 15) is 9.59 Å². The van der Waals surface area contributed by atoms with Gasteiger partial charge in [-0.15, -0.1) is 0 Å². The van der Waals surface area contributed by atoms with Gasteiger partial charge in [-0.05, 0) is 30.7 Å². The van der Waals surface area contributed by atoms with Crippen LogP contribution < -0.4 is 15.5 Å². The molecule has 2 N–H and O–H groups in total. The van der Waals surface area contributed by atoms with E-state index in [2.05, 4.69) is 27.4 Å². The van der Waals surface area contributed by atoms with Crippen molar-refractivity contribution in [2.45, 2.75) is 33.2 Å². The van der Waals surface area contributed by atoms with E-state index in [4.69, 9.17) is 16.3 Å². The summed E-state index contributed by atoms with van der Waals surface area (Å²) in [6.45, 7) is 11.0. The van der Waals surface area contributed by atoms with Crippen molar-refractivity contribution in [1.82, 2.24) is 10.2 Å². The number of methoxy groups -OCH3 is 1. The Morgan fingerprint density at radius 1 is 1.21 bits per heavy atom. The minimum absolute atomic E-state index is 0.0362. The fraction of sp³-hybridized carbons (Fsp3) is 0.600. The summed E-state index contributed by atoms with van der Waals surface area (Å²) in [5, 5.41) is 6.03. The highest BCUT2D eigenvalue weighted by atomic mass is 35.5. The van der Waals surface area contributed by atoms with Crippen LogP contribution in [0, 0.1) is 5.92 Å². The molecule has 2 atom stereocenters. The quantitative estimate of drug-likeness (QED) is 0.675. The van der Waals surface area contributed by atoms with E-state index in [-0.39, 0.29) is 5.92 Å². The van der Waals surface area contributed by atoms with Crippen molar-refractivity contribution < 1.29 is 14.3 Å². The molecule has 0 bridgehead atoms. The first-order valence-corrected chi connectivity index (χ1v) is 10.2. The normalized spacial score (nSPS) is 17.0. The predicted octanol–water partition coefficient (Wildman–Crippen LogP) is 3.19. The molecule has 1 saturated heterocycles. The molecule has 1 aromatic rings. The molecule has 1 fully saturated rings. The molecule has 2 unspecified atom stereocenters. The van der Waals surface area contributed by atoms with E-state index in [1.54, 1.807) is 6.07 Å². The predicted molar refractivity (Wildman–Crippen MR) is 113 cm³/mol. The van der Waals surface area contributed by atoms with Crippen LogP contribution in [0.4, 0.5) is 16.2 Å². The number of halogens is 1. The number of urea groups is 1. The zero-order valence-corrected chi connectivity index (χ0v) is 17.9. The summed E-state index contributed by atoms with van der Waals surface area (Å²) in [5.41, 5.74) is 1.54. The van der Waals surface area contributed by atoms with E-state index >= 15 is 0 Å². The largest absolute Gasteiger partial charge is 0.467 e. The van der Waals surface area contributed by atoms with E-state index in [0.717, 1.165) is 44.8 Å². The average Bonchev–Trinajstić information content (AvgIpc) is 2.71. The van der Waals surface area contributed by atoms with Gasteiger partial charge < -0.3 is 25.2 Å². The number of piperazine rings is 1. The maximum atomic E-state index is 12.3. The Labute approximate surface area is 172 Å². The molecular formula is C20H31ClN4O3. The highest BCUT2D eigenvalue weighted by Gasteiger charge is 2.26. The van der Waals surface area contributed by atoms with Gasteiger partial charge in [-0.1, -0.05) is 38.8 Å². The van der Waals surface area contributed by atoms with E-state index in [1.165, 1.54) is 7.11 Å². The molecule has 1 aromatic carbocycles. The Morgan fingerprint density at radius 2 is 1.89 bits per heavy atom. The third kappa shape index (κ3) is 5.75. The Hall–Kier alpha value is -1.99. The maximum absolute atomic E-state index is 12.3. The number of benzene rings is 1. The monoisotopic (exact) mass is 410 g/mol. The summed E-state index contributed by atoms with van der Waals surface area (Å²) >= 11 is 6.47. The van der Waals surface area contributed by atoms with Gasteiger partial charge >= 0.3 is 12.0 Å². The molecule has 2 amide bonds. The summed E-state index contributed by atoms with van der Waals surface area (Å²) in [6, 6.07) is 4.32. The molecule has 0 spiro atoms. The number of hydrogen-bond acceptors (Lipinski definition) is 5. The first kappa shape index (κ1) is 22.3. The van der Waals surface area contributed by atoms with Crippen LogP contribution in [0.15, 0.2) is 18.2 Å². The minimum Gasteiger partial charge on any atom is -0.467 e. The van der Waals surface area contributed by atoms with E-state index < -0.39 is 18.0 Å². The molecule has 0 aromatic heterocycles. The van der Waals surface area contributed by atoms with Gasteiger partial charge in [0.05, 0.1) is 17.8 Å². The molecule has 1 aliphatic heterocycles. The highest BCUT2D eigenvalue weighted by molar-refractivity contribution is 6.33. The maximum Gasteiger partial charge on any atom is 0.328 e. The van der Waals surface area contributed by atoms with Crippen LogP contribution in [0.3, 0.4) is 0 Å². The number of carbonyl (C=O) groups excluding carboxylic acids is 2. The van der Waals surface area contributed by atoms with Crippen molar-refractivity contribution in [2.75, 3.05) is 50.1 Å². The van der Waals surface area contributed by atoms with Crippen molar-refractivity contribution in [3.63, 3.8) is 0 Å². The van der Waals surface area contributed by atoms with Gasteiger partial charge in [-0.2, -0.15) is 0 Å². The average molecular weight is 411 g/mol. The summed E-state index contributed by atoms with van der Waals surface area (Å²) in [6.07, 6.45) is 0.742. The van der Waals surface area contributed by atoms with Crippen LogP contribution in [-0.2, 0) is 9.53 Å². The summed E-state index contributed by atoms with van der Waals surface area (Å²) in [4.78, 5) is 28.9. The lowest BCUT2D eigenvalue weighted by Gasteiger charge is -2.36. The van der Waals surface area contributed by atoms with Crippen LogP contribution in [0.2, 0.25) is 5.02 Å². The second-order valence-corrected chi connectivity index (χ2v) is 7.48. The van der Waals surface area contributed by atoms with Crippen molar-refractivity contribution in [2.24, 2.45) is 5.92 Å². The molecule has 8 heteroatoms. The molecule has 28 heavy (non-hydrogen) atoms. The number of ether oxygens (including phenoxy) is 1. The van der Waals surface area contributed by atoms with Gasteiger partial charge in [-0.3, -0.25) is 0 Å². The van der Waals surface area contributed by atoms with Crippen LogP contribution in [0.5, 0.6) is 0 Å². The Bertz CT molecular complexity index is 677. The van der Waals surface area contributed by atoms with Crippen LogP contribution in [0.1, 0.15) is 27.2 Å². The second kappa shape index (κ2) is 10.5. The topological polar surface area (TPSA) is 73.9 Å². The molecule has 1 aliphatic rings. The summed E-state index contributed by atoms with van der Waals surface area (Å²) in [5.74, 6) is -0.491. The molecule has 156 valence electrons. The molecule has 1 heterocycles. The van der Waals surface area contributed by atoms with Crippen LogP contribution in [0.25, 0.3) is 0 Å². The smallest absolute Gasteiger partial charge is 0.328 e. The number of nitrogens with one attached hydrogen (secondary N) is 2. The lowest BCUT2D eigenvalue weighted by atomic mass is 9.99. The molecular weight excluding hydrogens is 380 g/mol. The van der Waals surface area contributed by atoms with Gasteiger partial charge in [0.2, 0.25) is 0 Å². The zero-order chi connectivity index (χ0) is 20.7. The van der Waals surface area contributed by atoms with Crippen molar-refractivity contribution in [3.8, 4) is 0 Å². The van der Waals surface area contributed by atoms with Gasteiger partial charge in [0.1, 0.15) is 6.04 Å². The van der Waals surface area contributed by atoms with E-state index in [0.29, 0.717) is 10.7 Å². The van der Waals surface area contributed by atoms with Gasteiger partial charge in [0.15, 0.2) is 0 Å². The number of rotatable bonds is 7. The minimum atomic E-state index is -0.695. The van der Waals surface area contributed by atoms with Crippen LogP contribution in [-0.4, -0.2) is 62.8 Å². The zero-order valence-electron chi connectivity index (χ0n) is 17.1. The Balaban J connectivity index is 1.99. The molecule has 0 saturated carbocycles. The lowest BCUT2D eigenvalue weighted by Crippen LogP contribution is -2.47. The summed E-state index contributed by atoms with van der Waals surface area (Å²) < 4.78 is 4.79. The number of carbonyl (C=O) groups is 2. The first-order chi connectivity index (χ1) is 13.4. The summed E-state index contributed by atoms with van der Waals surface area (Å²) in [7, 11) is 1.32. The lowest BCUT2D eigenvalue weighted by molar-refractivity contribution is -0.144. The van der Waals surface area contributed by atoms with Gasteiger partial charge in [-0.25, -0.2) is 9.59 Å². The fourth-order valence-corrected chi connectivity index (χ4v) is 3.55. The van der Waals surface area contributed by atoms with Gasteiger partial charge in [0, 0.05) is 31.9 Å². The Kier molecular flexibility index (Phi) is 8.38. The molecule has 0 radical (unpaired) electrons. The first-order valence-electron chi connectivity index (χ1n) is 9.81. The number of nitrogens with zero attached hydrogens (tertiary/aromatic N) is 2. The van der Waals surface area contributed by atoms with Crippen molar-refractivity contribution in [1.29, 1.82) is 0 Å². The molecule has 2 rings (SSSR count). The fourth-order valence-electron chi connectivity index (χ4n) is 3.25. The number of esters is 1. The van der Waals surface area contributed by atoms with Crippen molar-refractivity contribution in [3.05, 3.63) is 23.2 Å². The van der Waals surface area contributed by atoms with Crippen LogP contribution >= 0.6 is 11.6 Å².